The number of rotatable bonds is 3. The van der Waals surface area contributed by atoms with E-state index in [1.54, 1.807) is 0 Å². The fourth-order valence-corrected chi connectivity index (χ4v) is 2.45. The predicted molar refractivity (Wildman–Crippen MR) is 57.9 cm³/mol. The van der Waals surface area contributed by atoms with Gasteiger partial charge in [0.1, 0.15) is 4.84 Å². The van der Waals surface area contributed by atoms with Crippen molar-refractivity contribution in [3.63, 3.8) is 0 Å². The third-order valence-electron chi connectivity index (χ3n) is 1.56. The normalized spacial score (nSPS) is 13.2. The molecular weight excluding hydrogens is 227 g/mol. The van der Waals surface area contributed by atoms with Gasteiger partial charge in [-0.1, -0.05) is 17.7 Å². The lowest BCUT2D eigenvalue weighted by atomic mass is 10.2. The molecular formula is C9H10Cl2OS. The molecule has 72 valence electrons. The average Bonchev–Trinajstić information content (AvgIpc) is 2.04. The van der Waals surface area contributed by atoms with Crippen molar-refractivity contribution < 1.29 is 4.21 Å². The Morgan fingerprint density at radius 1 is 1.31 bits per heavy atom. The van der Waals surface area contributed by atoms with Crippen molar-refractivity contribution in [2.24, 2.45) is 0 Å². The van der Waals surface area contributed by atoms with Gasteiger partial charge in [-0.25, -0.2) is 0 Å². The summed E-state index contributed by atoms with van der Waals surface area (Å²) < 4.78 is 11.5. The van der Waals surface area contributed by atoms with Crippen LogP contribution in [-0.2, 0) is 10.8 Å². The summed E-state index contributed by atoms with van der Waals surface area (Å²) in [5, 5.41) is 0. The summed E-state index contributed by atoms with van der Waals surface area (Å²) >= 11 is 11.1. The van der Waals surface area contributed by atoms with E-state index in [1.807, 2.05) is 31.2 Å². The van der Waals surface area contributed by atoms with Crippen molar-refractivity contribution in [3.05, 3.63) is 29.8 Å². The molecule has 1 rings (SSSR count). The Hall–Kier alpha value is -0.0500. The first kappa shape index (κ1) is 11.0. The summed E-state index contributed by atoms with van der Waals surface area (Å²) in [4.78, 5) is 0.207. The highest BCUT2D eigenvalue weighted by atomic mass is 35.5. The zero-order chi connectivity index (χ0) is 9.84. The van der Waals surface area contributed by atoms with Gasteiger partial charge in [-0.15, -0.1) is 23.2 Å². The number of halogens is 2. The molecule has 0 aliphatic heterocycles. The van der Waals surface area contributed by atoms with Crippen molar-refractivity contribution in [2.75, 3.05) is 5.75 Å². The van der Waals surface area contributed by atoms with Crippen LogP contribution in [0.2, 0.25) is 0 Å². The maximum absolute atomic E-state index is 11.5. The molecule has 0 amide bonds. The molecule has 4 heteroatoms. The van der Waals surface area contributed by atoms with Crippen LogP contribution in [0.1, 0.15) is 5.56 Å². The van der Waals surface area contributed by atoms with E-state index in [-0.39, 0.29) is 5.75 Å². The molecule has 0 saturated heterocycles. The van der Waals surface area contributed by atoms with Crippen molar-refractivity contribution in [3.8, 4) is 0 Å². The van der Waals surface area contributed by atoms with Gasteiger partial charge in [0.15, 0.2) is 0 Å². The van der Waals surface area contributed by atoms with Crippen LogP contribution in [0.3, 0.4) is 0 Å². The van der Waals surface area contributed by atoms with Crippen LogP contribution in [0.15, 0.2) is 29.2 Å². The molecule has 13 heavy (non-hydrogen) atoms. The van der Waals surface area contributed by atoms with Gasteiger partial charge in [0.25, 0.3) is 0 Å². The first-order chi connectivity index (χ1) is 6.09. The Balaban J connectivity index is 2.72. The Kier molecular flexibility index (Phi) is 4.23. The smallest absolute Gasteiger partial charge is 0.119 e. The molecule has 0 saturated carbocycles. The Bertz CT molecular complexity index is 295. The van der Waals surface area contributed by atoms with E-state index in [1.165, 1.54) is 0 Å². The Morgan fingerprint density at radius 2 is 1.85 bits per heavy atom. The number of alkyl halides is 2. The molecule has 0 aliphatic rings. The highest BCUT2D eigenvalue weighted by Gasteiger charge is 2.07. The summed E-state index contributed by atoms with van der Waals surface area (Å²) in [6.07, 6.45) is 0. The zero-order valence-corrected chi connectivity index (χ0v) is 9.49. The van der Waals surface area contributed by atoms with E-state index < -0.39 is 15.6 Å². The van der Waals surface area contributed by atoms with Crippen LogP contribution in [0.25, 0.3) is 0 Å². The quantitative estimate of drug-likeness (QED) is 0.739. The first-order valence-electron chi connectivity index (χ1n) is 3.83. The molecule has 1 unspecified atom stereocenters. The first-order valence-corrected chi connectivity index (χ1v) is 6.02. The minimum absolute atomic E-state index is 0.284. The monoisotopic (exact) mass is 236 g/mol. The summed E-state index contributed by atoms with van der Waals surface area (Å²) in [6, 6.07) is 7.51. The van der Waals surface area contributed by atoms with Crippen molar-refractivity contribution in [2.45, 2.75) is 16.7 Å². The zero-order valence-electron chi connectivity index (χ0n) is 7.17. The molecule has 0 heterocycles. The van der Waals surface area contributed by atoms with Crippen LogP contribution >= 0.6 is 23.2 Å². The molecule has 1 aromatic carbocycles. The van der Waals surface area contributed by atoms with Gasteiger partial charge in [-0.2, -0.15) is 0 Å². The fraction of sp³-hybridized carbons (Fsp3) is 0.333. The van der Waals surface area contributed by atoms with E-state index in [0.717, 1.165) is 10.5 Å². The maximum Gasteiger partial charge on any atom is 0.119 e. The van der Waals surface area contributed by atoms with Crippen LogP contribution in [-0.4, -0.2) is 14.8 Å². The van der Waals surface area contributed by atoms with Gasteiger partial charge in [-0.05, 0) is 19.1 Å². The van der Waals surface area contributed by atoms with Crippen LogP contribution in [0.5, 0.6) is 0 Å². The lowest BCUT2D eigenvalue weighted by Gasteiger charge is -2.02. The van der Waals surface area contributed by atoms with Crippen LogP contribution < -0.4 is 0 Å². The highest BCUT2D eigenvalue weighted by Crippen LogP contribution is 2.12. The second-order valence-corrected chi connectivity index (χ2v) is 5.49. The fourth-order valence-electron chi connectivity index (χ4n) is 0.901. The van der Waals surface area contributed by atoms with E-state index in [2.05, 4.69) is 0 Å². The average molecular weight is 237 g/mol. The Morgan fingerprint density at radius 3 is 2.31 bits per heavy atom. The lowest BCUT2D eigenvalue weighted by Crippen LogP contribution is -2.04. The van der Waals surface area contributed by atoms with Crippen LogP contribution in [0, 0.1) is 6.92 Å². The molecule has 1 atom stereocenters. The molecule has 0 aliphatic carbocycles. The van der Waals surface area contributed by atoms with Gasteiger partial charge in [0.05, 0.1) is 16.6 Å². The predicted octanol–water partition coefficient (Wildman–Crippen LogP) is 2.91. The van der Waals surface area contributed by atoms with Gasteiger partial charge >= 0.3 is 0 Å². The topological polar surface area (TPSA) is 17.1 Å². The summed E-state index contributed by atoms with van der Waals surface area (Å²) in [7, 11) is -1.09. The van der Waals surface area contributed by atoms with Gasteiger partial charge < -0.3 is 0 Å². The third-order valence-corrected chi connectivity index (χ3v) is 3.67. The number of aryl methyl sites for hydroxylation is 1. The number of benzene rings is 1. The molecule has 1 aromatic rings. The highest BCUT2D eigenvalue weighted by molar-refractivity contribution is 7.85. The molecule has 0 fully saturated rings. The largest absolute Gasteiger partial charge is 0.254 e. The summed E-state index contributed by atoms with van der Waals surface area (Å²) in [5.41, 5.74) is 1.15. The van der Waals surface area contributed by atoms with Crippen molar-refractivity contribution in [1.82, 2.24) is 0 Å². The SMILES string of the molecule is Cc1ccc(S(=O)CC(Cl)Cl)cc1. The molecule has 0 radical (unpaired) electrons. The molecule has 0 bridgehead atoms. The second-order valence-electron chi connectivity index (χ2n) is 2.72. The third kappa shape index (κ3) is 3.67. The van der Waals surface area contributed by atoms with Crippen molar-refractivity contribution in [1.29, 1.82) is 0 Å². The standard InChI is InChI=1S/C9H10Cl2OS/c1-7-2-4-8(5-3-7)13(12)6-9(10)11/h2-5,9H,6H2,1H3. The molecule has 0 N–H and O–H groups in total. The molecule has 0 spiro atoms. The Labute approximate surface area is 90.5 Å². The number of hydrogen-bond donors (Lipinski definition) is 0. The minimum Gasteiger partial charge on any atom is -0.254 e. The maximum atomic E-state index is 11.5. The van der Waals surface area contributed by atoms with Gasteiger partial charge in [0, 0.05) is 4.90 Å². The summed E-state index contributed by atoms with van der Waals surface area (Å²) in [5.74, 6) is 0.284. The van der Waals surface area contributed by atoms with E-state index in [9.17, 15) is 4.21 Å². The van der Waals surface area contributed by atoms with E-state index in [0.29, 0.717) is 0 Å². The van der Waals surface area contributed by atoms with Gasteiger partial charge in [0.2, 0.25) is 0 Å². The molecule has 1 nitrogen and oxygen atoms in total. The lowest BCUT2D eigenvalue weighted by molar-refractivity contribution is 0.683. The second kappa shape index (κ2) is 4.99. The van der Waals surface area contributed by atoms with Gasteiger partial charge in [-0.3, -0.25) is 4.21 Å². The van der Waals surface area contributed by atoms with E-state index in [4.69, 9.17) is 23.2 Å². The van der Waals surface area contributed by atoms with Crippen LogP contribution in [0.4, 0.5) is 0 Å². The molecule has 0 aromatic heterocycles. The van der Waals surface area contributed by atoms with E-state index >= 15 is 0 Å². The summed E-state index contributed by atoms with van der Waals surface area (Å²) in [6.45, 7) is 1.98. The number of hydrogen-bond acceptors (Lipinski definition) is 1. The minimum atomic E-state index is -1.09. The van der Waals surface area contributed by atoms with Crippen molar-refractivity contribution >= 4 is 34.0 Å².